The summed E-state index contributed by atoms with van der Waals surface area (Å²) < 4.78 is 0.275. The van der Waals surface area contributed by atoms with Crippen LogP contribution >= 0.6 is 80.7 Å². The number of carbonyl (C=O) groups is 2. The second-order valence-corrected chi connectivity index (χ2v) is 15.9. The van der Waals surface area contributed by atoms with Crippen molar-refractivity contribution in [1.29, 1.82) is 0 Å². The number of rotatable bonds is 7. The van der Waals surface area contributed by atoms with Crippen molar-refractivity contribution >= 4 is 114 Å². The molecule has 4 nitrogen and oxygen atoms in total. The maximum absolute atomic E-state index is 12.6. The average molecular weight is 664 g/mol. The number of nitrogens with zero attached hydrogens (tertiary/aromatic N) is 1. The van der Waals surface area contributed by atoms with Crippen molar-refractivity contribution in [3.05, 3.63) is 88.0 Å². The largest absolute Gasteiger partial charge is 0.480 e. The number of carboxylic acid groups (broad SMARTS) is 1. The number of carbonyl (C=O) groups excluding carboxylic acids is 1. The van der Waals surface area contributed by atoms with Gasteiger partial charge in [-0.1, -0.05) is 48.2 Å². The van der Waals surface area contributed by atoms with Gasteiger partial charge < -0.3 is 5.11 Å². The molecule has 41 heavy (non-hydrogen) atoms. The van der Waals surface area contributed by atoms with Gasteiger partial charge in [0.05, 0.1) is 9.78 Å². The van der Waals surface area contributed by atoms with Gasteiger partial charge in [-0.25, -0.2) is 0 Å². The van der Waals surface area contributed by atoms with Gasteiger partial charge in [0, 0.05) is 44.4 Å². The summed E-state index contributed by atoms with van der Waals surface area (Å²) in [4.78, 5) is 36.1. The van der Waals surface area contributed by atoms with Crippen LogP contribution in [0.5, 0.6) is 0 Å². The predicted molar refractivity (Wildman–Crippen MR) is 183 cm³/mol. The maximum Gasteiger partial charge on any atom is 0.323 e. The number of aliphatic carboxylic acids is 1. The number of benzene rings is 1. The third-order valence-corrected chi connectivity index (χ3v) is 13.8. The van der Waals surface area contributed by atoms with Crippen LogP contribution in [-0.4, -0.2) is 32.7 Å². The van der Waals surface area contributed by atoms with Gasteiger partial charge >= 0.3 is 5.97 Å². The van der Waals surface area contributed by atoms with Crippen molar-refractivity contribution in [3.63, 3.8) is 0 Å². The Bertz CT molecular complexity index is 2000. The predicted octanol–water partition coefficient (Wildman–Crippen LogP) is 10.1. The van der Waals surface area contributed by atoms with Crippen LogP contribution in [0.3, 0.4) is 0 Å². The van der Waals surface area contributed by atoms with Gasteiger partial charge in [-0.3, -0.25) is 14.5 Å². The van der Waals surface area contributed by atoms with E-state index in [0.717, 1.165) is 26.4 Å². The van der Waals surface area contributed by atoms with E-state index in [-0.39, 0.29) is 10.2 Å². The third-order valence-electron chi connectivity index (χ3n) is 6.35. The Hall–Kier alpha value is -2.90. The van der Waals surface area contributed by atoms with Crippen molar-refractivity contribution < 1.29 is 14.7 Å². The molecule has 0 spiro atoms. The molecule has 1 aliphatic rings. The highest BCUT2D eigenvalue weighted by molar-refractivity contribution is 8.26. The molecule has 0 bridgehead atoms. The zero-order chi connectivity index (χ0) is 28.1. The summed E-state index contributed by atoms with van der Waals surface area (Å²) >= 11 is 15.2. The highest BCUT2D eigenvalue weighted by Gasteiger charge is 2.33. The van der Waals surface area contributed by atoms with Crippen LogP contribution in [0.25, 0.3) is 55.9 Å². The van der Waals surface area contributed by atoms with Gasteiger partial charge in [0.25, 0.3) is 5.91 Å². The molecule has 0 atom stereocenters. The number of thiophene rings is 5. The minimum absolute atomic E-state index is 0.275. The zero-order valence-corrected chi connectivity index (χ0v) is 26.6. The highest BCUT2D eigenvalue weighted by atomic mass is 32.2. The van der Waals surface area contributed by atoms with Gasteiger partial charge in [0.15, 0.2) is 0 Å². The normalized spacial score (nSPS) is 14.6. The van der Waals surface area contributed by atoms with Crippen LogP contribution in [0.2, 0.25) is 0 Å². The van der Waals surface area contributed by atoms with Crippen LogP contribution in [-0.2, 0) is 9.59 Å². The number of hydrogen-bond donors (Lipinski definition) is 1. The number of fused-ring (bicyclic) bond motifs is 1. The van der Waals surface area contributed by atoms with E-state index in [2.05, 4.69) is 72.1 Å². The lowest BCUT2D eigenvalue weighted by Crippen LogP contribution is -2.33. The molecule has 1 N–H and O–H groups in total. The van der Waals surface area contributed by atoms with E-state index in [4.69, 9.17) is 17.3 Å². The molecule has 0 saturated carbocycles. The summed E-state index contributed by atoms with van der Waals surface area (Å²) in [6.45, 7) is -0.417. The SMILES string of the molecule is O=C(O)CN1C(=O)/C(=C/c2ccc(-c3ccc(-c4ccc(-c5ccc(-c6scc7ccccc67)s5)s4)s3)s2)SC1=S. The summed E-state index contributed by atoms with van der Waals surface area (Å²) in [6, 6.07) is 25.8. The first-order valence-corrected chi connectivity index (χ1v) is 17.6. The monoisotopic (exact) mass is 663 g/mol. The summed E-state index contributed by atoms with van der Waals surface area (Å²) in [6.07, 6.45) is 1.80. The van der Waals surface area contributed by atoms with E-state index in [0.29, 0.717) is 4.91 Å². The molecule has 0 unspecified atom stereocenters. The molecular formula is C30H17NO3S7. The molecule has 202 valence electrons. The van der Waals surface area contributed by atoms with Gasteiger partial charge in [-0.15, -0.1) is 56.7 Å². The lowest BCUT2D eigenvalue weighted by molar-refractivity contribution is -0.140. The van der Waals surface area contributed by atoms with Gasteiger partial charge in [0.2, 0.25) is 0 Å². The number of carboxylic acids is 1. The van der Waals surface area contributed by atoms with E-state index in [1.54, 1.807) is 40.1 Å². The van der Waals surface area contributed by atoms with Crippen molar-refractivity contribution in [2.75, 3.05) is 6.54 Å². The topological polar surface area (TPSA) is 57.6 Å². The van der Waals surface area contributed by atoms with Crippen molar-refractivity contribution in [2.24, 2.45) is 0 Å². The molecule has 0 aliphatic carbocycles. The minimum atomic E-state index is -1.08. The van der Waals surface area contributed by atoms with E-state index >= 15 is 0 Å². The molecule has 1 aliphatic heterocycles. The Labute approximate surface area is 264 Å². The second kappa shape index (κ2) is 11.1. The highest BCUT2D eigenvalue weighted by Crippen LogP contribution is 2.46. The third kappa shape index (κ3) is 5.27. The number of thioether (sulfide) groups is 1. The molecule has 6 aromatic rings. The van der Waals surface area contributed by atoms with E-state index in [1.807, 2.05) is 28.7 Å². The van der Waals surface area contributed by atoms with Crippen LogP contribution < -0.4 is 0 Å². The maximum atomic E-state index is 12.6. The van der Waals surface area contributed by atoms with E-state index in [1.165, 1.54) is 44.9 Å². The Morgan fingerprint density at radius 3 is 2.00 bits per heavy atom. The first-order chi connectivity index (χ1) is 19.9. The summed E-state index contributed by atoms with van der Waals surface area (Å²) in [5, 5.41) is 13.9. The number of amides is 1. The zero-order valence-electron chi connectivity index (χ0n) is 20.9. The smallest absolute Gasteiger partial charge is 0.323 e. The van der Waals surface area contributed by atoms with E-state index in [9.17, 15) is 9.59 Å². The Morgan fingerprint density at radius 1 is 0.780 bits per heavy atom. The second-order valence-electron chi connectivity index (χ2n) is 9.01. The van der Waals surface area contributed by atoms with Crippen molar-refractivity contribution in [2.45, 2.75) is 0 Å². The standard InChI is InChI=1S/C30H17NO3S7/c32-27(33)14-31-29(34)26(41-30(31)35)13-17-5-6-19(37-17)20-7-8-21(38-20)22-9-10-23(39-22)24-11-12-25(40-24)28-18-4-2-1-3-16(18)15-36-28/h1-13,15H,14H2,(H,32,33)/b26-13-. The Balaban J connectivity index is 1.08. The van der Waals surface area contributed by atoms with Gasteiger partial charge in [0.1, 0.15) is 10.9 Å². The van der Waals surface area contributed by atoms with Crippen LogP contribution in [0, 0.1) is 0 Å². The number of hydrogen-bond acceptors (Lipinski definition) is 9. The quantitative estimate of drug-likeness (QED) is 0.136. The van der Waals surface area contributed by atoms with E-state index < -0.39 is 12.5 Å². The first-order valence-electron chi connectivity index (χ1n) is 12.3. The van der Waals surface area contributed by atoms with Gasteiger partial charge in [-0.2, -0.15) is 0 Å². The molecule has 1 saturated heterocycles. The van der Waals surface area contributed by atoms with Crippen molar-refractivity contribution in [3.8, 4) is 39.0 Å². The first kappa shape index (κ1) is 27.0. The molecule has 7 rings (SSSR count). The van der Waals surface area contributed by atoms with Gasteiger partial charge in [-0.05, 0) is 65.4 Å². The fourth-order valence-electron chi connectivity index (χ4n) is 4.44. The van der Waals surface area contributed by atoms with Crippen LogP contribution in [0.15, 0.2) is 83.1 Å². The summed E-state index contributed by atoms with van der Waals surface area (Å²) in [5.41, 5.74) is 0. The molecule has 1 amide bonds. The molecular weight excluding hydrogens is 647 g/mol. The lowest BCUT2D eigenvalue weighted by Gasteiger charge is -2.09. The molecule has 6 heterocycles. The minimum Gasteiger partial charge on any atom is -0.480 e. The molecule has 1 fully saturated rings. The summed E-state index contributed by atoms with van der Waals surface area (Å²) in [7, 11) is 0. The molecule has 0 radical (unpaired) electrons. The lowest BCUT2D eigenvalue weighted by atomic mass is 10.2. The number of thiocarbonyl (C=S) groups is 1. The average Bonchev–Trinajstić information content (AvgIpc) is 3.78. The molecule has 5 aromatic heterocycles. The fourth-order valence-corrected chi connectivity index (χ4v) is 11.2. The Morgan fingerprint density at radius 2 is 1.34 bits per heavy atom. The van der Waals surface area contributed by atoms with Crippen LogP contribution in [0.4, 0.5) is 0 Å². The molecule has 11 heteroatoms. The Kier molecular flexibility index (Phi) is 7.28. The van der Waals surface area contributed by atoms with Crippen molar-refractivity contribution in [1.82, 2.24) is 4.90 Å². The fraction of sp³-hybridized carbons (Fsp3) is 0.0333. The molecule has 1 aromatic carbocycles. The van der Waals surface area contributed by atoms with Crippen LogP contribution in [0.1, 0.15) is 4.88 Å². The summed E-state index contributed by atoms with van der Waals surface area (Å²) in [5.74, 6) is -1.44.